The van der Waals surface area contributed by atoms with Crippen LogP contribution >= 0.6 is 0 Å². The average Bonchev–Trinajstić information content (AvgIpc) is 3.63. The van der Waals surface area contributed by atoms with E-state index in [2.05, 4.69) is 47.5 Å². The molecule has 1 saturated carbocycles. The van der Waals surface area contributed by atoms with E-state index in [9.17, 15) is 9.65 Å². The van der Waals surface area contributed by atoms with E-state index >= 15 is 0 Å². The van der Waals surface area contributed by atoms with Crippen LogP contribution in [0.4, 0.5) is 21.8 Å². The molecule has 10 nitrogen and oxygen atoms in total. The van der Waals surface area contributed by atoms with Gasteiger partial charge in [-0.3, -0.25) is 0 Å². The minimum absolute atomic E-state index is 0.268. The molecule has 1 aliphatic heterocycles. The van der Waals surface area contributed by atoms with Gasteiger partial charge in [-0.25, -0.2) is 9.37 Å². The number of hydrogen-bond acceptors (Lipinski definition) is 9. The summed E-state index contributed by atoms with van der Waals surface area (Å²) < 4.78 is 16.1. The van der Waals surface area contributed by atoms with Crippen LogP contribution in [0.2, 0.25) is 0 Å². The molecule has 0 radical (unpaired) electrons. The summed E-state index contributed by atoms with van der Waals surface area (Å²) in [5.41, 5.74) is 1.26. The molecule has 2 aliphatic rings. The summed E-state index contributed by atoms with van der Waals surface area (Å²) in [6.45, 7) is 2.92. The Morgan fingerprint density at radius 2 is 1.97 bits per heavy atom. The van der Waals surface area contributed by atoms with Gasteiger partial charge in [0.15, 0.2) is 5.82 Å². The number of nitriles is 1. The minimum Gasteiger partial charge on any atom is -0.369 e. The van der Waals surface area contributed by atoms with E-state index in [1.54, 1.807) is 12.1 Å². The normalized spacial score (nSPS) is 18.8. The highest BCUT2D eigenvalue weighted by Crippen LogP contribution is 2.39. The molecule has 1 atom stereocenters. The van der Waals surface area contributed by atoms with E-state index in [1.807, 2.05) is 0 Å². The Morgan fingerprint density at radius 1 is 1.11 bits per heavy atom. The molecule has 5 rings (SSSR count). The molecule has 11 heteroatoms. The van der Waals surface area contributed by atoms with Gasteiger partial charge in [0.05, 0.1) is 6.20 Å². The number of benzene rings is 1. The number of anilines is 3. The second-order valence-electron chi connectivity index (χ2n) is 9.57. The molecular formula is C25H31FN10. The van der Waals surface area contributed by atoms with Crippen molar-refractivity contribution in [3.63, 3.8) is 0 Å². The average molecular weight is 491 g/mol. The maximum Gasteiger partial charge on any atom is 0.229 e. The smallest absolute Gasteiger partial charge is 0.229 e. The molecule has 1 saturated heterocycles. The van der Waals surface area contributed by atoms with Crippen molar-refractivity contribution in [2.75, 3.05) is 30.3 Å². The summed E-state index contributed by atoms with van der Waals surface area (Å²) in [7, 11) is 0. The summed E-state index contributed by atoms with van der Waals surface area (Å²) >= 11 is 0. The fourth-order valence-electron chi connectivity index (χ4n) is 4.59. The van der Waals surface area contributed by atoms with Crippen LogP contribution in [0.25, 0.3) is 5.69 Å². The van der Waals surface area contributed by atoms with Crippen molar-refractivity contribution in [3.8, 4) is 11.8 Å². The third kappa shape index (κ3) is 5.94. The molecule has 36 heavy (non-hydrogen) atoms. The molecule has 2 aromatic heterocycles. The first-order valence-corrected chi connectivity index (χ1v) is 12.8. The Balaban J connectivity index is 1.30. The maximum atomic E-state index is 14.7. The van der Waals surface area contributed by atoms with Gasteiger partial charge in [0, 0.05) is 18.2 Å². The zero-order valence-electron chi connectivity index (χ0n) is 20.3. The second kappa shape index (κ2) is 11.4. The van der Waals surface area contributed by atoms with E-state index < -0.39 is 5.82 Å². The highest BCUT2D eigenvalue weighted by atomic mass is 19.1. The van der Waals surface area contributed by atoms with Gasteiger partial charge in [0.2, 0.25) is 5.95 Å². The number of aromatic nitrogens is 6. The summed E-state index contributed by atoms with van der Waals surface area (Å²) in [5.74, 6) is 1.88. The van der Waals surface area contributed by atoms with Crippen LogP contribution in [-0.4, -0.2) is 49.8 Å². The third-order valence-corrected chi connectivity index (χ3v) is 6.77. The standard InChI is InChI=1S/C25H31FN10/c26-21-10-9-20(13-22(21)36-24(18-7-8-18)33-34-35-36)31-25-30-16-19(14-27)23(32-25)29-15-17-5-2-1-3-11-28-12-4-6-17/h9-10,13,16-18,28H,1-8,11-12,15H2,(H2,29,30,31,32). The summed E-state index contributed by atoms with van der Waals surface area (Å²) in [4.78, 5) is 8.85. The van der Waals surface area contributed by atoms with E-state index in [0.717, 1.165) is 45.3 Å². The fourth-order valence-corrected chi connectivity index (χ4v) is 4.59. The monoisotopic (exact) mass is 490 g/mol. The Hall–Kier alpha value is -3.65. The third-order valence-electron chi connectivity index (χ3n) is 6.77. The Kier molecular flexibility index (Phi) is 7.61. The SMILES string of the molecule is N#Cc1cnc(Nc2ccc(F)c(-n3nnnc3C3CC3)c2)nc1NCC1CCCCCNCCC1. The first-order valence-electron chi connectivity index (χ1n) is 12.8. The summed E-state index contributed by atoms with van der Waals surface area (Å²) in [6.07, 6.45) is 10.6. The number of tetrazole rings is 1. The largest absolute Gasteiger partial charge is 0.369 e. The second-order valence-corrected chi connectivity index (χ2v) is 9.57. The highest BCUT2D eigenvalue weighted by Gasteiger charge is 2.30. The molecule has 0 spiro atoms. The predicted octanol–water partition coefficient (Wildman–Crippen LogP) is 4.06. The molecule has 1 aliphatic carbocycles. The van der Waals surface area contributed by atoms with Gasteiger partial charge in [-0.1, -0.05) is 12.8 Å². The first-order chi connectivity index (χ1) is 17.7. The van der Waals surface area contributed by atoms with Crippen LogP contribution < -0.4 is 16.0 Å². The number of hydrogen-bond donors (Lipinski definition) is 3. The molecule has 3 heterocycles. The van der Waals surface area contributed by atoms with Crippen LogP contribution in [0, 0.1) is 23.1 Å². The van der Waals surface area contributed by atoms with Crippen molar-refractivity contribution >= 4 is 17.5 Å². The zero-order valence-corrected chi connectivity index (χ0v) is 20.3. The van der Waals surface area contributed by atoms with Gasteiger partial charge in [0.25, 0.3) is 0 Å². The predicted molar refractivity (Wildman–Crippen MR) is 134 cm³/mol. The molecule has 3 N–H and O–H groups in total. The van der Waals surface area contributed by atoms with Gasteiger partial charge in [0.1, 0.15) is 29.0 Å². The van der Waals surface area contributed by atoms with Crippen LogP contribution in [0.15, 0.2) is 24.4 Å². The van der Waals surface area contributed by atoms with Crippen molar-refractivity contribution in [2.45, 2.75) is 57.3 Å². The lowest BCUT2D eigenvalue weighted by atomic mass is 9.95. The van der Waals surface area contributed by atoms with Crippen LogP contribution in [0.1, 0.15) is 68.7 Å². The molecule has 1 aromatic carbocycles. The van der Waals surface area contributed by atoms with Gasteiger partial charge in [-0.2, -0.15) is 14.9 Å². The van der Waals surface area contributed by atoms with Crippen molar-refractivity contribution in [2.24, 2.45) is 5.92 Å². The molecule has 188 valence electrons. The summed E-state index contributed by atoms with van der Waals surface area (Å²) in [6, 6.07) is 6.79. The summed E-state index contributed by atoms with van der Waals surface area (Å²) in [5, 5.41) is 31.4. The topological polar surface area (TPSA) is 129 Å². The van der Waals surface area contributed by atoms with Gasteiger partial charge in [-0.05, 0) is 86.2 Å². The number of nitrogens with zero attached hydrogens (tertiary/aromatic N) is 7. The number of rotatable bonds is 7. The zero-order chi connectivity index (χ0) is 24.7. The van der Waals surface area contributed by atoms with Crippen molar-refractivity contribution in [1.29, 1.82) is 5.26 Å². The fraction of sp³-hybridized carbons (Fsp3) is 0.520. The van der Waals surface area contributed by atoms with Crippen molar-refractivity contribution in [1.82, 2.24) is 35.5 Å². The molecular weight excluding hydrogens is 459 g/mol. The Bertz CT molecular complexity index is 1210. The lowest BCUT2D eigenvalue weighted by Crippen LogP contribution is -2.22. The highest BCUT2D eigenvalue weighted by molar-refractivity contribution is 5.61. The van der Waals surface area contributed by atoms with E-state index in [0.29, 0.717) is 34.8 Å². The molecule has 0 bridgehead atoms. The molecule has 2 fully saturated rings. The molecule has 0 amide bonds. The van der Waals surface area contributed by atoms with Crippen molar-refractivity contribution in [3.05, 3.63) is 41.6 Å². The molecule has 1 unspecified atom stereocenters. The van der Waals surface area contributed by atoms with E-state index in [4.69, 9.17) is 0 Å². The van der Waals surface area contributed by atoms with E-state index in [1.165, 1.54) is 42.6 Å². The van der Waals surface area contributed by atoms with E-state index in [-0.39, 0.29) is 11.6 Å². The maximum absolute atomic E-state index is 14.7. The Labute approximate surface area is 209 Å². The van der Waals surface area contributed by atoms with Gasteiger partial charge >= 0.3 is 0 Å². The van der Waals surface area contributed by atoms with Crippen LogP contribution in [0.5, 0.6) is 0 Å². The lowest BCUT2D eigenvalue weighted by Gasteiger charge is -2.20. The van der Waals surface area contributed by atoms with Crippen LogP contribution in [0.3, 0.4) is 0 Å². The number of nitrogens with one attached hydrogen (secondary N) is 3. The van der Waals surface area contributed by atoms with Gasteiger partial charge < -0.3 is 16.0 Å². The van der Waals surface area contributed by atoms with Crippen LogP contribution in [-0.2, 0) is 0 Å². The lowest BCUT2D eigenvalue weighted by molar-refractivity contribution is 0.409. The first kappa shape index (κ1) is 24.1. The molecule has 3 aromatic rings. The Morgan fingerprint density at radius 3 is 2.83 bits per heavy atom. The minimum atomic E-state index is -0.418. The van der Waals surface area contributed by atoms with Gasteiger partial charge in [-0.15, -0.1) is 5.10 Å². The number of halogens is 1. The quantitative estimate of drug-likeness (QED) is 0.449. The van der Waals surface area contributed by atoms with Crippen molar-refractivity contribution < 1.29 is 4.39 Å².